The number of carbonyl (C=O) groups is 1. The lowest BCUT2D eigenvalue weighted by Crippen LogP contribution is -2.27. The van der Waals surface area contributed by atoms with Crippen LogP contribution in [0.1, 0.15) is 16.1 Å². The zero-order chi connectivity index (χ0) is 14.7. The van der Waals surface area contributed by atoms with E-state index in [4.69, 9.17) is 34.8 Å². The third kappa shape index (κ3) is 3.48. The quantitative estimate of drug-likeness (QED) is 0.904. The number of amides is 1. The predicted molar refractivity (Wildman–Crippen MR) is 82.9 cm³/mol. The average molecular weight is 332 g/mol. The van der Waals surface area contributed by atoms with Crippen LogP contribution in [0, 0.1) is 0 Å². The third-order valence-corrected chi connectivity index (χ3v) is 4.06. The van der Waals surface area contributed by atoms with Crippen LogP contribution in [0.25, 0.3) is 0 Å². The minimum atomic E-state index is -0.199. The molecule has 0 saturated carbocycles. The van der Waals surface area contributed by atoms with E-state index >= 15 is 0 Å². The molecule has 1 aromatic carbocycles. The van der Waals surface area contributed by atoms with Gasteiger partial charge in [-0.25, -0.2) is 0 Å². The molecule has 2 rings (SSSR count). The van der Waals surface area contributed by atoms with Crippen molar-refractivity contribution in [3.05, 3.63) is 56.8 Å². The van der Waals surface area contributed by atoms with Crippen LogP contribution < -0.4 is 5.32 Å². The highest BCUT2D eigenvalue weighted by Crippen LogP contribution is 2.24. The van der Waals surface area contributed by atoms with Crippen LogP contribution in [0.15, 0.2) is 30.3 Å². The molecule has 0 spiro atoms. The van der Waals surface area contributed by atoms with Gasteiger partial charge in [0.25, 0.3) is 5.91 Å². The maximum absolute atomic E-state index is 12.0. The Morgan fingerprint density at radius 1 is 1.20 bits per heavy atom. The number of aromatic nitrogens is 1. The molecule has 0 aliphatic carbocycles. The van der Waals surface area contributed by atoms with Gasteiger partial charge in [-0.15, -0.1) is 0 Å². The fourth-order valence-corrected chi connectivity index (χ4v) is 2.32. The second-order valence-electron chi connectivity index (χ2n) is 4.36. The van der Waals surface area contributed by atoms with Gasteiger partial charge in [-0.1, -0.05) is 46.9 Å². The van der Waals surface area contributed by atoms with Gasteiger partial charge in [0.2, 0.25) is 0 Å². The minimum absolute atomic E-state index is 0.199. The van der Waals surface area contributed by atoms with Gasteiger partial charge in [-0.2, -0.15) is 0 Å². The molecule has 0 aliphatic heterocycles. The van der Waals surface area contributed by atoms with Gasteiger partial charge < -0.3 is 9.88 Å². The molecule has 1 amide bonds. The van der Waals surface area contributed by atoms with Crippen molar-refractivity contribution >= 4 is 40.7 Å². The Balaban J connectivity index is 1.92. The Bertz CT molecular complexity index is 620. The number of carbonyl (C=O) groups excluding carboxylic acids is 1. The van der Waals surface area contributed by atoms with Crippen molar-refractivity contribution in [1.82, 2.24) is 9.88 Å². The zero-order valence-corrected chi connectivity index (χ0v) is 13.1. The summed E-state index contributed by atoms with van der Waals surface area (Å²) in [5.74, 6) is -0.199. The van der Waals surface area contributed by atoms with E-state index in [1.807, 2.05) is 24.3 Å². The van der Waals surface area contributed by atoms with E-state index in [9.17, 15) is 4.79 Å². The van der Waals surface area contributed by atoms with E-state index in [1.54, 1.807) is 17.7 Å². The van der Waals surface area contributed by atoms with Gasteiger partial charge in [-0.3, -0.25) is 4.79 Å². The van der Waals surface area contributed by atoms with Crippen molar-refractivity contribution in [3.63, 3.8) is 0 Å². The molecule has 0 radical (unpaired) electrons. The van der Waals surface area contributed by atoms with Gasteiger partial charge >= 0.3 is 0 Å². The van der Waals surface area contributed by atoms with Crippen molar-refractivity contribution in [2.45, 2.75) is 6.42 Å². The van der Waals surface area contributed by atoms with Crippen LogP contribution in [0.2, 0.25) is 15.2 Å². The molecule has 1 N–H and O–H groups in total. The summed E-state index contributed by atoms with van der Waals surface area (Å²) in [5.41, 5.74) is 1.55. The van der Waals surface area contributed by atoms with Crippen molar-refractivity contribution in [2.75, 3.05) is 6.54 Å². The number of hydrogen-bond donors (Lipinski definition) is 1. The first-order chi connectivity index (χ1) is 9.49. The molecule has 3 nitrogen and oxygen atoms in total. The minimum Gasteiger partial charge on any atom is -0.350 e. The van der Waals surface area contributed by atoms with Crippen LogP contribution in [-0.4, -0.2) is 17.0 Å². The fraction of sp³-hybridized carbons (Fsp3) is 0.214. The standard InChI is InChI=1S/C14H13Cl3N2O/c1-19-12(8-11(16)13(19)17)14(20)18-7-6-9-2-4-10(15)5-3-9/h2-5,8H,6-7H2,1H3,(H,18,20). The van der Waals surface area contributed by atoms with E-state index in [0.29, 0.717) is 27.4 Å². The van der Waals surface area contributed by atoms with E-state index < -0.39 is 0 Å². The number of rotatable bonds is 4. The number of hydrogen-bond acceptors (Lipinski definition) is 1. The molecule has 0 aliphatic rings. The molecule has 0 bridgehead atoms. The number of benzene rings is 1. The molecule has 1 aromatic heterocycles. The number of nitrogens with zero attached hydrogens (tertiary/aromatic N) is 1. The molecular formula is C14H13Cl3N2O. The van der Waals surface area contributed by atoms with Crippen molar-refractivity contribution < 1.29 is 4.79 Å². The van der Waals surface area contributed by atoms with Crippen LogP contribution in [0.4, 0.5) is 0 Å². The van der Waals surface area contributed by atoms with Gasteiger partial charge in [0, 0.05) is 18.6 Å². The summed E-state index contributed by atoms with van der Waals surface area (Å²) in [4.78, 5) is 12.0. The van der Waals surface area contributed by atoms with E-state index in [0.717, 1.165) is 12.0 Å². The first kappa shape index (κ1) is 15.2. The second-order valence-corrected chi connectivity index (χ2v) is 5.56. The summed E-state index contributed by atoms with van der Waals surface area (Å²) in [6, 6.07) is 9.09. The topological polar surface area (TPSA) is 34.0 Å². The molecule has 1 heterocycles. The number of nitrogens with one attached hydrogen (secondary N) is 1. The maximum atomic E-state index is 12.0. The SMILES string of the molecule is Cn1c(C(=O)NCCc2ccc(Cl)cc2)cc(Cl)c1Cl. The van der Waals surface area contributed by atoms with Gasteiger partial charge in [0.15, 0.2) is 0 Å². The van der Waals surface area contributed by atoms with E-state index in [2.05, 4.69) is 5.32 Å². The molecule has 2 aromatic rings. The molecule has 20 heavy (non-hydrogen) atoms. The predicted octanol–water partition coefficient (Wildman–Crippen LogP) is 3.96. The van der Waals surface area contributed by atoms with Gasteiger partial charge in [-0.05, 0) is 30.2 Å². The Morgan fingerprint density at radius 2 is 1.85 bits per heavy atom. The molecular weight excluding hydrogens is 319 g/mol. The summed E-state index contributed by atoms with van der Waals surface area (Å²) in [6.07, 6.45) is 0.731. The molecule has 0 atom stereocenters. The smallest absolute Gasteiger partial charge is 0.268 e. The highest BCUT2D eigenvalue weighted by Gasteiger charge is 2.15. The van der Waals surface area contributed by atoms with Crippen LogP contribution in [-0.2, 0) is 13.5 Å². The molecule has 6 heteroatoms. The average Bonchev–Trinajstić information content (AvgIpc) is 2.69. The second kappa shape index (κ2) is 6.53. The van der Waals surface area contributed by atoms with Crippen LogP contribution in [0.5, 0.6) is 0 Å². The summed E-state index contributed by atoms with van der Waals surface area (Å²) in [7, 11) is 1.70. The van der Waals surface area contributed by atoms with E-state index in [-0.39, 0.29) is 5.91 Å². The molecule has 106 valence electrons. The molecule has 0 fully saturated rings. The normalized spacial score (nSPS) is 10.6. The van der Waals surface area contributed by atoms with Gasteiger partial charge in [0.05, 0.1) is 5.02 Å². The Kier molecular flexibility index (Phi) is 4.97. The van der Waals surface area contributed by atoms with Crippen molar-refractivity contribution in [2.24, 2.45) is 7.05 Å². The lowest BCUT2D eigenvalue weighted by molar-refractivity contribution is 0.0946. The van der Waals surface area contributed by atoms with Crippen LogP contribution >= 0.6 is 34.8 Å². The van der Waals surface area contributed by atoms with Crippen molar-refractivity contribution in [3.8, 4) is 0 Å². The Hall–Kier alpha value is -1.16. The summed E-state index contributed by atoms with van der Waals surface area (Å²) in [5, 5.41) is 4.26. The lowest BCUT2D eigenvalue weighted by atomic mass is 10.1. The first-order valence-electron chi connectivity index (χ1n) is 6.02. The zero-order valence-electron chi connectivity index (χ0n) is 10.8. The Labute approximate surface area is 132 Å². The van der Waals surface area contributed by atoms with Crippen LogP contribution in [0.3, 0.4) is 0 Å². The highest BCUT2D eigenvalue weighted by molar-refractivity contribution is 6.41. The largest absolute Gasteiger partial charge is 0.350 e. The monoisotopic (exact) mass is 330 g/mol. The fourth-order valence-electron chi connectivity index (χ4n) is 1.82. The molecule has 0 saturated heterocycles. The van der Waals surface area contributed by atoms with Crippen molar-refractivity contribution in [1.29, 1.82) is 0 Å². The third-order valence-electron chi connectivity index (χ3n) is 2.96. The highest BCUT2D eigenvalue weighted by atomic mass is 35.5. The van der Waals surface area contributed by atoms with E-state index in [1.165, 1.54) is 0 Å². The summed E-state index contributed by atoms with van der Waals surface area (Å²) < 4.78 is 1.56. The summed E-state index contributed by atoms with van der Waals surface area (Å²) in [6.45, 7) is 0.529. The molecule has 0 unspecified atom stereocenters. The first-order valence-corrected chi connectivity index (χ1v) is 7.16. The summed E-state index contributed by atoms with van der Waals surface area (Å²) >= 11 is 17.6. The maximum Gasteiger partial charge on any atom is 0.268 e. The van der Waals surface area contributed by atoms with Gasteiger partial charge in [0.1, 0.15) is 10.8 Å². The number of halogens is 3. The lowest BCUT2D eigenvalue weighted by Gasteiger charge is -2.06. The Morgan fingerprint density at radius 3 is 2.40 bits per heavy atom.